The quantitative estimate of drug-likeness (QED) is 0.801. The first-order valence-electron chi connectivity index (χ1n) is 8.13. The third kappa shape index (κ3) is 4.07. The maximum Gasteiger partial charge on any atom is 0.0576 e. The molecule has 0 spiro atoms. The van der Waals surface area contributed by atoms with Crippen LogP contribution >= 0.6 is 0 Å². The molecule has 112 valence electrons. The summed E-state index contributed by atoms with van der Waals surface area (Å²) in [6, 6.07) is 7.15. The molecule has 1 heterocycles. The second-order valence-electron chi connectivity index (χ2n) is 5.97. The van der Waals surface area contributed by atoms with Crippen molar-refractivity contribution in [2.24, 2.45) is 0 Å². The van der Waals surface area contributed by atoms with E-state index in [1.807, 2.05) is 0 Å². The Morgan fingerprint density at radius 3 is 2.90 bits per heavy atom. The molecule has 0 bridgehead atoms. The lowest BCUT2D eigenvalue weighted by molar-refractivity contribution is 0.101. The SMILES string of the molecule is CCNC(CCCC1CCCO1)c1cccc(C)c1C. The minimum absolute atomic E-state index is 0.487. The smallest absolute Gasteiger partial charge is 0.0576 e. The van der Waals surface area contributed by atoms with E-state index in [0.717, 1.165) is 13.2 Å². The van der Waals surface area contributed by atoms with E-state index < -0.39 is 0 Å². The number of hydrogen-bond acceptors (Lipinski definition) is 2. The molecule has 1 aromatic carbocycles. The molecule has 1 aromatic rings. The monoisotopic (exact) mass is 275 g/mol. The normalized spacial score (nSPS) is 20.2. The Bertz CT molecular complexity index is 410. The van der Waals surface area contributed by atoms with E-state index in [1.54, 1.807) is 0 Å². The third-order valence-electron chi connectivity index (χ3n) is 4.52. The standard InChI is InChI=1S/C18H29NO/c1-4-19-18(12-6-9-16-10-7-13-20-16)17-11-5-8-14(2)15(17)3/h5,8,11,16,18-19H,4,6-7,9-10,12-13H2,1-3H3. The van der Waals surface area contributed by atoms with Gasteiger partial charge in [0.25, 0.3) is 0 Å². The fourth-order valence-corrected chi connectivity index (χ4v) is 3.19. The van der Waals surface area contributed by atoms with Gasteiger partial charge in [0.2, 0.25) is 0 Å². The van der Waals surface area contributed by atoms with Crippen LogP contribution in [-0.2, 0) is 4.74 Å². The van der Waals surface area contributed by atoms with Crippen molar-refractivity contribution in [2.45, 2.75) is 65.0 Å². The van der Waals surface area contributed by atoms with Crippen LogP contribution in [0, 0.1) is 13.8 Å². The van der Waals surface area contributed by atoms with Gasteiger partial charge in [-0.1, -0.05) is 25.1 Å². The number of aryl methyl sites for hydroxylation is 1. The van der Waals surface area contributed by atoms with Crippen molar-refractivity contribution < 1.29 is 4.74 Å². The first-order chi connectivity index (χ1) is 9.72. The van der Waals surface area contributed by atoms with Crippen molar-refractivity contribution in [3.63, 3.8) is 0 Å². The molecule has 1 aliphatic rings. The van der Waals surface area contributed by atoms with Crippen LogP contribution in [0.15, 0.2) is 18.2 Å². The summed E-state index contributed by atoms with van der Waals surface area (Å²) in [6.45, 7) is 8.64. The summed E-state index contributed by atoms with van der Waals surface area (Å²) in [5.41, 5.74) is 4.30. The van der Waals surface area contributed by atoms with Crippen LogP contribution in [0.25, 0.3) is 0 Å². The molecular formula is C18H29NO. The lowest BCUT2D eigenvalue weighted by Crippen LogP contribution is -2.22. The Balaban J connectivity index is 1.93. The Hall–Kier alpha value is -0.860. The van der Waals surface area contributed by atoms with Crippen molar-refractivity contribution in [3.8, 4) is 0 Å². The Morgan fingerprint density at radius 1 is 1.35 bits per heavy atom. The summed E-state index contributed by atoms with van der Waals surface area (Å²) < 4.78 is 5.72. The van der Waals surface area contributed by atoms with Gasteiger partial charge in [0.05, 0.1) is 6.10 Å². The van der Waals surface area contributed by atoms with Gasteiger partial charge in [0, 0.05) is 12.6 Å². The van der Waals surface area contributed by atoms with E-state index in [2.05, 4.69) is 44.3 Å². The first-order valence-corrected chi connectivity index (χ1v) is 8.13. The highest BCUT2D eigenvalue weighted by atomic mass is 16.5. The fourth-order valence-electron chi connectivity index (χ4n) is 3.19. The second kappa shape index (κ2) is 7.80. The summed E-state index contributed by atoms with van der Waals surface area (Å²) in [6.07, 6.45) is 6.70. The van der Waals surface area contributed by atoms with E-state index >= 15 is 0 Å². The predicted octanol–water partition coefficient (Wildman–Crippen LogP) is 4.30. The van der Waals surface area contributed by atoms with Crippen molar-refractivity contribution in [3.05, 3.63) is 34.9 Å². The molecule has 0 radical (unpaired) electrons. The highest BCUT2D eigenvalue weighted by Crippen LogP contribution is 2.26. The Kier molecular flexibility index (Phi) is 6.06. The number of benzene rings is 1. The largest absolute Gasteiger partial charge is 0.378 e. The molecule has 2 nitrogen and oxygen atoms in total. The molecule has 0 aromatic heterocycles. The van der Waals surface area contributed by atoms with Gasteiger partial charge in [0.1, 0.15) is 0 Å². The minimum atomic E-state index is 0.487. The van der Waals surface area contributed by atoms with Crippen LogP contribution < -0.4 is 5.32 Å². The van der Waals surface area contributed by atoms with Crippen molar-refractivity contribution >= 4 is 0 Å². The van der Waals surface area contributed by atoms with Crippen LogP contribution in [0.3, 0.4) is 0 Å². The molecule has 0 saturated carbocycles. The van der Waals surface area contributed by atoms with E-state index in [1.165, 1.54) is 48.8 Å². The topological polar surface area (TPSA) is 21.3 Å². The van der Waals surface area contributed by atoms with Gasteiger partial charge < -0.3 is 10.1 Å². The maximum absolute atomic E-state index is 5.72. The first kappa shape index (κ1) is 15.5. The van der Waals surface area contributed by atoms with Crippen LogP contribution in [0.5, 0.6) is 0 Å². The van der Waals surface area contributed by atoms with E-state index in [9.17, 15) is 0 Å². The van der Waals surface area contributed by atoms with Gasteiger partial charge in [-0.15, -0.1) is 0 Å². The summed E-state index contributed by atoms with van der Waals surface area (Å²) in [7, 11) is 0. The summed E-state index contributed by atoms with van der Waals surface area (Å²) in [4.78, 5) is 0. The molecule has 20 heavy (non-hydrogen) atoms. The van der Waals surface area contributed by atoms with Crippen molar-refractivity contribution in [1.82, 2.24) is 5.32 Å². The third-order valence-corrected chi connectivity index (χ3v) is 4.52. The molecule has 1 aliphatic heterocycles. The van der Waals surface area contributed by atoms with Gasteiger partial charge in [-0.25, -0.2) is 0 Å². The Morgan fingerprint density at radius 2 is 2.20 bits per heavy atom. The van der Waals surface area contributed by atoms with Crippen molar-refractivity contribution in [1.29, 1.82) is 0 Å². The number of nitrogens with one attached hydrogen (secondary N) is 1. The zero-order valence-corrected chi connectivity index (χ0v) is 13.2. The van der Waals surface area contributed by atoms with E-state index in [0.29, 0.717) is 12.1 Å². The predicted molar refractivity (Wildman–Crippen MR) is 85.2 cm³/mol. The molecule has 2 rings (SSSR count). The molecule has 0 amide bonds. The van der Waals surface area contributed by atoms with Crippen molar-refractivity contribution in [2.75, 3.05) is 13.2 Å². The number of ether oxygens (including phenoxy) is 1. The van der Waals surface area contributed by atoms with E-state index in [-0.39, 0.29) is 0 Å². The zero-order valence-electron chi connectivity index (χ0n) is 13.2. The molecular weight excluding hydrogens is 246 g/mol. The summed E-state index contributed by atoms with van der Waals surface area (Å²) >= 11 is 0. The second-order valence-corrected chi connectivity index (χ2v) is 5.97. The van der Waals surface area contributed by atoms with E-state index in [4.69, 9.17) is 4.74 Å². The maximum atomic E-state index is 5.72. The summed E-state index contributed by atoms with van der Waals surface area (Å²) in [5.74, 6) is 0. The number of rotatable bonds is 7. The Labute approximate surface area is 123 Å². The molecule has 2 atom stereocenters. The van der Waals surface area contributed by atoms with Gasteiger partial charge in [-0.05, 0) is 69.2 Å². The lowest BCUT2D eigenvalue weighted by Gasteiger charge is -2.22. The average Bonchev–Trinajstić information content (AvgIpc) is 2.94. The number of hydrogen-bond donors (Lipinski definition) is 1. The molecule has 0 aliphatic carbocycles. The zero-order chi connectivity index (χ0) is 14.4. The van der Waals surface area contributed by atoms with Gasteiger partial charge in [-0.3, -0.25) is 0 Å². The molecule has 1 saturated heterocycles. The fraction of sp³-hybridized carbons (Fsp3) is 0.667. The highest BCUT2D eigenvalue weighted by Gasteiger charge is 2.17. The van der Waals surface area contributed by atoms with Gasteiger partial charge in [-0.2, -0.15) is 0 Å². The van der Waals surface area contributed by atoms with Crippen LogP contribution in [0.2, 0.25) is 0 Å². The minimum Gasteiger partial charge on any atom is -0.378 e. The average molecular weight is 275 g/mol. The summed E-state index contributed by atoms with van der Waals surface area (Å²) in [5, 5.41) is 3.65. The van der Waals surface area contributed by atoms with Gasteiger partial charge >= 0.3 is 0 Å². The van der Waals surface area contributed by atoms with Gasteiger partial charge in [0.15, 0.2) is 0 Å². The van der Waals surface area contributed by atoms with Crippen LogP contribution in [0.4, 0.5) is 0 Å². The highest BCUT2D eigenvalue weighted by molar-refractivity contribution is 5.35. The van der Waals surface area contributed by atoms with Crippen LogP contribution in [-0.4, -0.2) is 19.3 Å². The molecule has 2 heteroatoms. The molecule has 2 unspecified atom stereocenters. The lowest BCUT2D eigenvalue weighted by atomic mass is 9.93. The molecule has 1 N–H and O–H groups in total. The molecule has 1 fully saturated rings. The van der Waals surface area contributed by atoms with Crippen LogP contribution in [0.1, 0.15) is 61.8 Å².